The van der Waals surface area contributed by atoms with Gasteiger partial charge in [-0.25, -0.2) is 9.18 Å². The van der Waals surface area contributed by atoms with E-state index < -0.39 is 0 Å². The van der Waals surface area contributed by atoms with Crippen molar-refractivity contribution in [2.45, 2.75) is 31.7 Å². The van der Waals surface area contributed by atoms with Crippen LogP contribution in [0.3, 0.4) is 0 Å². The van der Waals surface area contributed by atoms with E-state index in [1.165, 1.54) is 22.4 Å². The Morgan fingerprint density at radius 3 is 2.55 bits per heavy atom. The zero-order valence-electron chi connectivity index (χ0n) is 18.8. The van der Waals surface area contributed by atoms with Crippen molar-refractivity contribution in [3.8, 4) is 0 Å². The van der Waals surface area contributed by atoms with Gasteiger partial charge >= 0.3 is 6.03 Å². The van der Waals surface area contributed by atoms with Crippen molar-refractivity contribution in [2.24, 2.45) is 0 Å². The quantitative estimate of drug-likeness (QED) is 0.793. The minimum absolute atomic E-state index is 0.0364. The number of halogens is 1. The van der Waals surface area contributed by atoms with Crippen LogP contribution in [0.15, 0.2) is 42.5 Å². The number of carbonyl (C=O) groups is 1. The lowest BCUT2D eigenvalue weighted by Gasteiger charge is -2.38. The van der Waals surface area contributed by atoms with E-state index >= 15 is 0 Å². The number of rotatable bonds is 5. The van der Waals surface area contributed by atoms with Crippen LogP contribution in [0.4, 0.5) is 14.9 Å². The standard InChI is InChI=1S/C25H33FN4O/c1-18-4-9-24-22(16-18)23(19-5-7-20(26)8-6-19)17-30(24)21-10-12-29(13-11-21)15-14-28(3)25(31)27-2/h4-9,16,21,23H,10-15,17H2,1-3H3,(H,27,31). The number of hydrogen-bond donors (Lipinski definition) is 1. The van der Waals surface area contributed by atoms with Gasteiger partial charge in [-0.2, -0.15) is 0 Å². The highest BCUT2D eigenvalue weighted by Crippen LogP contribution is 2.43. The maximum atomic E-state index is 13.5. The highest BCUT2D eigenvalue weighted by Gasteiger charge is 2.35. The number of fused-ring (bicyclic) bond motifs is 1. The molecule has 0 aliphatic carbocycles. The van der Waals surface area contributed by atoms with Crippen LogP contribution in [0.25, 0.3) is 0 Å². The number of aryl methyl sites for hydroxylation is 1. The molecule has 0 aromatic heterocycles. The molecule has 166 valence electrons. The Morgan fingerprint density at radius 1 is 1.16 bits per heavy atom. The molecular formula is C25H33FN4O. The van der Waals surface area contributed by atoms with Crippen molar-refractivity contribution < 1.29 is 9.18 Å². The number of benzene rings is 2. The molecular weight excluding hydrogens is 391 g/mol. The first kappa shape index (κ1) is 21.6. The van der Waals surface area contributed by atoms with E-state index in [0.29, 0.717) is 6.04 Å². The minimum atomic E-state index is -0.183. The average molecular weight is 425 g/mol. The number of carbonyl (C=O) groups excluding carboxylic acids is 1. The summed E-state index contributed by atoms with van der Waals surface area (Å²) in [4.78, 5) is 18.5. The zero-order valence-corrected chi connectivity index (χ0v) is 18.8. The summed E-state index contributed by atoms with van der Waals surface area (Å²) < 4.78 is 13.5. The molecule has 2 aliphatic heterocycles. The van der Waals surface area contributed by atoms with E-state index in [1.54, 1.807) is 24.1 Å². The first-order valence-electron chi connectivity index (χ1n) is 11.2. The SMILES string of the molecule is CNC(=O)N(C)CCN1CCC(N2CC(c3ccc(F)cc3)c3cc(C)ccc32)CC1. The molecule has 0 bridgehead atoms. The van der Waals surface area contributed by atoms with Gasteiger partial charge in [0.2, 0.25) is 0 Å². The lowest BCUT2D eigenvalue weighted by atomic mass is 9.92. The molecule has 0 spiro atoms. The van der Waals surface area contributed by atoms with Gasteiger partial charge in [-0.05, 0) is 49.1 Å². The molecule has 1 unspecified atom stereocenters. The molecule has 2 aromatic rings. The van der Waals surface area contributed by atoms with E-state index in [4.69, 9.17) is 0 Å². The van der Waals surface area contributed by atoms with Crippen molar-refractivity contribution in [2.75, 3.05) is 51.7 Å². The number of hydrogen-bond acceptors (Lipinski definition) is 3. The second-order valence-electron chi connectivity index (χ2n) is 8.87. The van der Waals surface area contributed by atoms with Gasteiger partial charge < -0.3 is 20.0 Å². The van der Waals surface area contributed by atoms with Crippen molar-refractivity contribution in [3.63, 3.8) is 0 Å². The van der Waals surface area contributed by atoms with Crippen LogP contribution in [-0.4, -0.2) is 68.7 Å². The first-order valence-corrected chi connectivity index (χ1v) is 11.2. The Morgan fingerprint density at radius 2 is 1.87 bits per heavy atom. The van der Waals surface area contributed by atoms with Gasteiger partial charge in [0.1, 0.15) is 5.82 Å². The van der Waals surface area contributed by atoms with E-state index in [2.05, 4.69) is 40.2 Å². The van der Waals surface area contributed by atoms with Crippen molar-refractivity contribution >= 4 is 11.7 Å². The molecule has 2 aromatic carbocycles. The van der Waals surface area contributed by atoms with Gasteiger partial charge in [-0.1, -0.05) is 29.8 Å². The Labute approximate surface area is 184 Å². The molecule has 0 saturated carbocycles. The third-order valence-corrected chi connectivity index (χ3v) is 6.83. The van der Waals surface area contributed by atoms with E-state index in [0.717, 1.165) is 45.6 Å². The first-order chi connectivity index (χ1) is 15.0. The molecule has 1 atom stereocenters. The molecule has 5 nitrogen and oxygen atoms in total. The van der Waals surface area contributed by atoms with Crippen LogP contribution in [0.5, 0.6) is 0 Å². The van der Waals surface area contributed by atoms with E-state index in [1.807, 2.05) is 19.2 Å². The van der Waals surface area contributed by atoms with Crippen molar-refractivity contribution in [3.05, 3.63) is 65.0 Å². The fourth-order valence-corrected chi connectivity index (χ4v) is 4.97. The van der Waals surface area contributed by atoms with Crippen LogP contribution in [0.1, 0.15) is 35.4 Å². The summed E-state index contributed by atoms with van der Waals surface area (Å²) in [6.07, 6.45) is 2.24. The molecule has 4 rings (SSSR count). The average Bonchev–Trinajstić information content (AvgIpc) is 3.16. The second kappa shape index (κ2) is 9.27. The lowest BCUT2D eigenvalue weighted by Crippen LogP contribution is -2.47. The lowest BCUT2D eigenvalue weighted by molar-refractivity contribution is 0.177. The van der Waals surface area contributed by atoms with Crippen LogP contribution >= 0.6 is 0 Å². The van der Waals surface area contributed by atoms with Crippen LogP contribution in [0.2, 0.25) is 0 Å². The second-order valence-corrected chi connectivity index (χ2v) is 8.87. The van der Waals surface area contributed by atoms with Crippen LogP contribution in [-0.2, 0) is 0 Å². The fraction of sp³-hybridized carbons (Fsp3) is 0.480. The molecule has 31 heavy (non-hydrogen) atoms. The number of anilines is 1. The number of nitrogens with one attached hydrogen (secondary N) is 1. The number of amides is 2. The summed E-state index contributed by atoms with van der Waals surface area (Å²) in [5.74, 6) is 0.104. The van der Waals surface area contributed by atoms with Gasteiger partial charge in [-0.15, -0.1) is 0 Å². The molecule has 1 N–H and O–H groups in total. The molecule has 2 heterocycles. The molecule has 2 aliphatic rings. The summed E-state index contributed by atoms with van der Waals surface area (Å²) in [5.41, 5.74) is 5.15. The fourth-order valence-electron chi connectivity index (χ4n) is 4.97. The smallest absolute Gasteiger partial charge is 0.316 e. The van der Waals surface area contributed by atoms with Gasteiger partial charge in [-0.3, -0.25) is 0 Å². The molecule has 1 fully saturated rings. The Balaban J connectivity index is 1.42. The van der Waals surface area contributed by atoms with Gasteiger partial charge in [0.15, 0.2) is 0 Å². The van der Waals surface area contributed by atoms with Crippen molar-refractivity contribution in [1.82, 2.24) is 15.1 Å². The highest BCUT2D eigenvalue weighted by atomic mass is 19.1. The predicted octanol–water partition coefficient (Wildman–Crippen LogP) is 3.82. The maximum absolute atomic E-state index is 13.5. The van der Waals surface area contributed by atoms with E-state index in [9.17, 15) is 9.18 Å². The summed E-state index contributed by atoms with van der Waals surface area (Å²) >= 11 is 0. The topological polar surface area (TPSA) is 38.8 Å². The van der Waals surface area contributed by atoms with Gasteiger partial charge in [0, 0.05) is 64.5 Å². The van der Waals surface area contributed by atoms with Crippen LogP contribution in [0, 0.1) is 12.7 Å². The number of likely N-dealkylation sites (N-methyl/N-ethyl adjacent to an activating group) is 1. The number of urea groups is 1. The Hall–Kier alpha value is -2.60. The normalized spacial score (nSPS) is 19.4. The molecule has 0 radical (unpaired) electrons. The van der Waals surface area contributed by atoms with Crippen molar-refractivity contribution in [1.29, 1.82) is 0 Å². The molecule has 1 saturated heterocycles. The summed E-state index contributed by atoms with van der Waals surface area (Å²) in [7, 11) is 3.50. The molecule has 6 heteroatoms. The van der Waals surface area contributed by atoms with Gasteiger partial charge in [0.25, 0.3) is 0 Å². The monoisotopic (exact) mass is 424 g/mol. The summed E-state index contributed by atoms with van der Waals surface area (Å²) in [6.45, 7) is 6.83. The minimum Gasteiger partial charge on any atom is -0.367 e. The Kier molecular flexibility index (Phi) is 6.46. The van der Waals surface area contributed by atoms with Gasteiger partial charge in [0.05, 0.1) is 0 Å². The molecule has 2 amide bonds. The Bertz CT molecular complexity index is 908. The number of piperidine rings is 1. The largest absolute Gasteiger partial charge is 0.367 e. The number of nitrogens with zero attached hydrogens (tertiary/aromatic N) is 3. The van der Waals surface area contributed by atoms with E-state index in [-0.39, 0.29) is 17.8 Å². The van der Waals surface area contributed by atoms with Crippen LogP contribution < -0.4 is 10.2 Å². The third kappa shape index (κ3) is 4.69. The summed E-state index contributed by atoms with van der Waals surface area (Å²) in [6, 6.07) is 14.2. The third-order valence-electron chi connectivity index (χ3n) is 6.83. The number of likely N-dealkylation sites (tertiary alicyclic amines) is 1. The summed E-state index contributed by atoms with van der Waals surface area (Å²) in [5, 5.41) is 2.67. The predicted molar refractivity (Wildman–Crippen MR) is 123 cm³/mol. The zero-order chi connectivity index (χ0) is 22.0. The highest BCUT2D eigenvalue weighted by molar-refractivity contribution is 5.73. The maximum Gasteiger partial charge on any atom is 0.316 e.